The highest BCUT2D eigenvalue weighted by atomic mass is 16.5. The molecule has 142 valence electrons. The first kappa shape index (κ1) is 21.2. The predicted molar refractivity (Wildman–Crippen MR) is 91.3 cm³/mol. The van der Waals surface area contributed by atoms with Crippen LogP contribution in [-0.2, 0) is 20.7 Å². The van der Waals surface area contributed by atoms with E-state index in [0.29, 0.717) is 5.75 Å². The molecular weight excluding hydrogens is 344 g/mol. The third-order valence-corrected chi connectivity index (χ3v) is 3.46. The van der Waals surface area contributed by atoms with Crippen LogP contribution >= 0.6 is 0 Å². The van der Waals surface area contributed by atoms with Gasteiger partial charge in [-0.1, -0.05) is 17.2 Å². The van der Waals surface area contributed by atoms with Gasteiger partial charge in [0.25, 0.3) is 0 Å². The molecule has 10 nitrogen and oxygen atoms in total. The molecule has 10 heteroatoms. The van der Waals surface area contributed by atoms with Gasteiger partial charge in [0.05, 0.1) is 26.9 Å². The summed E-state index contributed by atoms with van der Waals surface area (Å²) in [5, 5.41) is 23.6. The summed E-state index contributed by atoms with van der Waals surface area (Å²) in [4.78, 5) is 25.9. The Morgan fingerprint density at radius 1 is 1.27 bits per heavy atom. The lowest BCUT2D eigenvalue weighted by molar-refractivity contribution is -0.144. The average Bonchev–Trinajstić information content (AvgIpc) is 2.67. The fraction of sp³-hybridized carbons (Fsp3) is 0.500. The molecule has 26 heavy (non-hydrogen) atoms. The van der Waals surface area contributed by atoms with Crippen LogP contribution in [0.1, 0.15) is 5.56 Å². The number of aliphatic hydroxyl groups excluding tert-OH is 2. The lowest BCUT2D eigenvalue weighted by Gasteiger charge is -2.17. The number of ether oxygens (including phenoxy) is 2. The van der Waals surface area contributed by atoms with Crippen molar-refractivity contribution in [2.45, 2.75) is 12.5 Å². The second-order valence-corrected chi connectivity index (χ2v) is 5.42. The maximum atomic E-state index is 11.8. The zero-order chi connectivity index (χ0) is 19.4. The number of carbonyl (C=O) groups excluding carboxylic acids is 2. The summed E-state index contributed by atoms with van der Waals surface area (Å²) in [6, 6.07) is 5.88. The molecule has 0 spiro atoms. The van der Waals surface area contributed by atoms with Crippen molar-refractivity contribution in [2.24, 2.45) is 11.0 Å². The zero-order valence-corrected chi connectivity index (χ0v) is 14.4. The number of aliphatic hydroxyl groups is 2. The highest BCUT2D eigenvalue weighted by Crippen LogP contribution is 2.15. The summed E-state index contributed by atoms with van der Waals surface area (Å²) in [5.74, 6) is -1.02. The Labute approximate surface area is 150 Å². The zero-order valence-electron chi connectivity index (χ0n) is 14.4. The number of azide groups is 1. The average molecular weight is 366 g/mol. The number of hydrogen-bond donors (Lipinski definition) is 3. The molecule has 0 saturated heterocycles. The fourth-order valence-electron chi connectivity index (χ4n) is 2.01. The smallest absolute Gasteiger partial charge is 0.328 e. The van der Waals surface area contributed by atoms with E-state index in [1.807, 2.05) is 0 Å². The van der Waals surface area contributed by atoms with E-state index in [1.54, 1.807) is 24.3 Å². The van der Waals surface area contributed by atoms with Crippen molar-refractivity contribution in [1.82, 2.24) is 5.32 Å². The summed E-state index contributed by atoms with van der Waals surface area (Å²) in [5.41, 5.74) is 8.97. The molecule has 0 saturated carbocycles. The largest absolute Gasteiger partial charge is 0.493 e. The van der Waals surface area contributed by atoms with Gasteiger partial charge in [0.1, 0.15) is 18.3 Å². The van der Waals surface area contributed by atoms with Crippen LogP contribution in [0.2, 0.25) is 0 Å². The number of nitrogens with one attached hydrogen (secondary N) is 1. The minimum absolute atomic E-state index is 0.173. The molecule has 0 bridgehead atoms. The molecule has 1 unspecified atom stereocenters. The van der Waals surface area contributed by atoms with E-state index in [2.05, 4.69) is 20.1 Å². The highest BCUT2D eigenvalue weighted by molar-refractivity contribution is 5.85. The van der Waals surface area contributed by atoms with E-state index in [-0.39, 0.29) is 32.2 Å². The Morgan fingerprint density at radius 2 is 1.92 bits per heavy atom. The van der Waals surface area contributed by atoms with Crippen molar-refractivity contribution in [3.63, 3.8) is 0 Å². The van der Waals surface area contributed by atoms with Crippen LogP contribution < -0.4 is 10.1 Å². The first-order valence-electron chi connectivity index (χ1n) is 7.85. The number of carbonyl (C=O) groups is 2. The molecule has 3 N–H and O–H groups in total. The lowest BCUT2D eigenvalue weighted by atomic mass is 10.1. The fourth-order valence-corrected chi connectivity index (χ4v) is 2.01. The molecule has 1 atom stereocenters. The molecule has 1 aromatic carbocycles. The predicted octanol–water partition coefficient (Wildman–Crippen LogP) is 0.177. The van der Waals surface area contributed by atoms with E-state index in [0.717, 1.165) is 5.56 Å². The standard InChI is InChI=1S/C16H22N4O6/c1-25-16(24)14(19-15(23)7-18-20-17)6-11-2-4-13(5-3-11)26-10-12(8-21)9-22/h2-5,12,14,21-22H,6-10H2,1H3,(H,19,23). The van der Waals surface area contributed by atoms with E-state index in [1.165, 1.54) is 7.11 Å². The number of esters is 1. The van der Waals surface area contributed by atoms with Crippen LogP contribution in [0.4, 0.5) is 0 Å². The van der Waals surface area contributed by atoms with Crippen LogP contribution in [0.3, 0.4) is 0 Å². The molecule has 0 heterocycles. The number of amides is 1. The van der Waals surface area contributed by atoms with Crippen LogP contribution in [0.5, 0.6) is 5.75 Å². The van der Waals surface area contributed by atoms with Gasteiger partial charge in [-0.15, -0.1) is 0 Å². The van der Waals surface area contributed by atoms with E-state index >= 15 is 0 Å². The Hall–Kier alpha value is -2.81. The van der Waals surface area contributed by atoms with Gasteiger partial charge in [-0.05, 0) is 23.2 Å². The second-order valence-electron chi connectivity index (χ2n) is 5.42. The molecular formula is C16H22N4O6. The van der Waals surface area contributed by atoms with Gasteiger partial charge in [0, 0.05) is 17.3 Å². The molecule has 0 aromatic heterocycles. The van der Waals surface area contributed by atoms with E-state index in [9.17, 15) is 9.59 Å². The maximum Gasteiger partial charge on any atom is 0.328 e. The molecule has 0 aliphatic heterocycles. The van der Waals surface area contributed by atoms with Gasteiger partial charge < -0.3 is 25.0 Å². The Balaban J connectivity index is 2.68. The summed E-state index contributed by atoms with van der Waals surface area (Å²) in [6.45, 7) is -0.587. The van der Waals surface area contributed by atoms with Gasteiger partial charge in [0.2, 0.25) is 5.91 Å². The van der Waals surface area contributed by atoms with Crippen LogP contribution in [0.15, 0.2) is 29.4 Å². The normalized spacial score (nSPS) is 11.4. The number of benzene rings is 1. The van der Waals surface area contributed by atoms with Crippen molar-refractivity contribution in [2.75, 3.05) is 33.5 Å². The van der Waals surface area contributed by atoms with Crippen molar-refractivity contribution < 1.29 is 29.3 Å². The summed E-state index contributed by atoms with van der Waals surface area (Å²) in [7, 11) is 1.21. The first-order chi connectivity index (χ1) is 12.5. The second kappa shape index (κ2) is 11.7. The van der Waals surface area contributed by atoms with Crippen molar-refractivity contribution in [1.29, 1.82) is 0 Å². The third-order valence-electron chi connectivity index (χ3n) is 3.46. The molecule has 0 fully saturated rings. The molecule has 1 amide bonds. The number of nitrogens with zero attached hydrogens (tertiary/aromatic N) is 3. The Kier molecular flexibility index (Phi) is 9.55. The summed E-state index contributed by atoms with van der Waals surface area (Å²) < 4.78 is 10.1. The SMILES string of the molecule is COC(=O)C(Cc1ccc(OCC(CO)CO)cc1)NC(=O)CN=[N+]=[N-]. The van der Waals surface area contributed by atoms with Crippen LogP contribution in [0, 0.1) is 5.92 Å². The van der Waals surface area contributed by atoms with Gasteiger partial charge in [-0.3, -0.25) is 4.79 Å². The maximum absolute atomic E-state index is 11.8. The third kappa shape index (κ3) is 7.39. The lowest BCUT2D eigenvalue weighted by Crippen LogP contribution is -2.43. The Bertz CT molecular complexity index is 626. The van der Waals surface area contributed by atoms with Crippen LogP contribution in [0.25, 0.3) is 10.4 Å². The van der Waals surface area contributed by atoms with Gasteiger partial charge in [-0.2, -0.15) is 0 Å². The molecule has 0 aliphatic rings. The quantitative estimate of drug-likeness (QED) is 0.220. The van der Waals surface area contributed by atoms with Gasteiger partial charge >= 0.3 is 5.97 Å². The monoisotopic (exact) mass is 366 g/mol. The first-order valence-corrected chi connectivity index (χ1v) is 7.85. The van der Waals surface area contributed by atoms with Crippen molar-refractivity contribution in [3.8, 4) is 5.75 Å². The van der Waals surface area contributed by atoms with Gasteiger partial charge in [-0.25, -0.2) is 4.79 Å². The van der Waals surface area contributed by atoms with E-state index in [4.69, 9.17) is 20.5 Å². The Morgan fingerprint density at radius 3 is 2.46 bits per heavy atom. The van der Waals surface area contributed by atoms with E-state index < -0.39 is 24.5 Å². The molecule has 0 radical (unpaired) electrons. The molecule has 0 aliphatic carbocycles. The van der Waals surface area contributed by atoms with Crippen molar-refractivity contribution >= 4 is 11.9 Å². The minimum Gasteiger partial charge on any atom is -0.493 e. The molecule has 1 rings (SSSR count). The van der Waals surface area contributed by atoms with Gasteiger partial charge in [0.15, 0.2) is 0 Å². The summed E-state index contributed by atoms with van der Waals surface area (Å²) >= 11 is 0. The summed E-state index contributed by atoms with van der Waals surface area (Å²) in [6.07, 6.45) is 0.185. The number of rotatable bonds is 11. The topological polar surface area (TPSA) is 154 Å². The van der Waals surface area contributed by atoms with Crippen molar-refractivity contribution in [3.05, 3.63) is 40.3 Å². The van der Waals surface area contributed by atoms with Crippen LogP contribution in [-0.4, -0.2) is 61.6 Å². The minimum atomic E-state index is -0.915. The number of methoxy groups -OCH3 is 1. The molecule has 1 aromatic rings. The number of hydrogen-bond acceptors (Lipinski definition) is 7. The highest BCUT2D eigenvalue weighted by Gasteiger charge is 2.21.